The molecule has 1 aliphatic heterocycles. The lowest BCUT2D eigenvalue weighted by Gasteiger charge is -2.21. The Hall–Kier alpha value is -2.68. The Kier molecular flexibility index (Phi) is 3.41. The normalized spacial score (nSPS) is 17.6. The van der Waals surface area contributed by atoms with Gasteiger partial charge in [0.1, 0.15) is 23.8 Å². The van der Waals surface area contributed by atoms with Gasteiger partial charge in [-0.25, -0.2) is 14.6 Å². The van der Waals surface area contributed by atoms with Gasteiger partial charge < -0.3 is 16.0 Å². The van der Waals surface area contributed by atoms with Crippen molar-refractivity contribution in [1.82, 2.24) is 19.7 Å². The van der Waals surface area contributed by atoms with Gasteiger partial charge in [-0.05, 0) is 6.07 Å². The van der Waals surface area contributed by atoms with Gasteiger partial charge >= 0.3 is 0 Å². The Morgan fingerprint density at radius 1 is 1.50 bits per heavy atom. The van der Waals surface area contributed by atoms with Crippen LogP contribution in [0.2, 0.25) is 5.15 Å². The first-order chi connectivity index (χ1) is 10.5. The molecule has 22 heavy (non-hydrogen) atoms. The Balaban J connectivity index is 2.05. The molecular formula is C12H12ClN7O2. The van der Waals surface area contributed by atoms with Crippen molar-refractivity contribution in [3.63, 3.8) is 0 Å². The van der Waals surface area contributed by atoms with Crippen LogP contribution in [0.5, 0.6) is 0 Å². The number of anilines is 2. The minimum atomic E-state index is -0.757. The molecule has 1 aliphatic rings. The molecule has 1 unspecified atom stereocenters. The summed E-state index contributed by atoms with van der Waals surface area (Å²) < 4.78 is 1.29. The fraction of sp³-hybridized carbons (Fsp3) is 0.250. The zero-order valence-corrected chi connectivity index (χ0v) is 12.3. The molecule has 3 heterocycles. The number of fused-ring (bicyclic) bond motifs is 1. The van der Waals surface area contributed by atoms with Gasteiger partial charge in [-0.2, -0.15) is 5.10 Å². The number of carbonyl (C=O) groups is 2. The summed E-state index contributed by atoms with van der Waals surface area (Å²) in [4.78, 5) is 33.4. The molecule has 0 aromatic carbocycles. The van der Waals surface area contributed by atoms with E-state index in [1.165, 1.54) is 28.2 Å². The maximum atomic E-state index is 12.7. The average Bonchev–Trinajstić information content (AvgIpc) is 2.92. The lowest BCUT2D eigenvalue weighted by Crippen LogP contribution is -2.37. The van der Waals surface area contributed by atoms with Crippen molar-refractivity contribution >= 4 is 34.9 Å². The van der Waals surface area contributed by atoms with Crippen molar-refractivity contribution in [2.75, 3.05) is 23.8 Å². The molecule has 0 aliphatic carbocycles. The largest absolute Gasteiger partial charge is 0.365 e. The first kappa shape index (κ1) is 14.3. The van der Waals surface area contributed by atoms with E-state index in [0.717, 1.165) is 0 Å². The summed E-state index contributed by atoms with van der Waals surface area (Å²) >= 11 is 6.05. The number of nitrogens with zero attached hydrogens (tertiary/aromatic N) is 5. The van der Waals surface area contributed by atoms with Crippen LogP contribution in [0.1, 0.15) is 16.5 Å². The summed E-state index contributed by atoms with van der Waals surface area (Å²) in [6.45, 7) is 0.186. The van der Waals surface area contributed by atoms with Gasteiger partial charge in [-0.15, -0.1) is 0 Å². The zero-order valence-electron chi connectivity index (χ0n) is 11.5. The van der Waals surface area contributed by atoms with Gasteiger partial charge in [0.05, 0.1) is 0 Å². The number of nitrogens with one attached hydrogen (secondary N) is 1. The number of nitrogens with two attached hydrogens (primary N) is 1. The number of carbonyl (C=O) groups excluding carboxylic acids is 2. The van der Waals surface area contributed by atoms with Crippen molar-refractivity contribution in [3.05, 3.63) is 29.4 Å². The Bertz CT molecular complexity index is 760. The third kappa shape index (κ3) is 2.15. The molecule has 2 aromatic heterocycles. The molecule has 0 saturated heterocycles. The fourth-order valence-electron chi connectivity index (χ4n) is 2.35. The molecule has 0 bridgehead atoms. The highest BCUT2D eigenvalue weighted by molar-refractivity contribution is 6.33. The minimum absolute atomic E-state index is 0.150. The van der Waals surface area contributed by atoms with Crippen molar-refractivity contribution in [1.29, 1.82) is 0 Å². The lowest BCUT2D eigenvalue weighted by molar-refractivity contribution is -0.121. The summed E-state index contributed by atoms with van der Waals surface area (Å²) in [6, 6.07) is 0.702. The minimum Gasteiger partial charge on any atom is -0.365 e. The van der Waals surface area contributed by atoms with Gasteiger partial charge in [0.25, 0.3) is 11.8 Å². The van der Waals surface area contributed by atoms with Crippen LogP contribution in [-0.4, -0.2) is 45.2 Å². The van der Waals surface area contributed by atoms with E-state index in [1.807, 2.05) is 0 Å². The predicted octanol–water partition coefficient (Wildman–Crippen LogP) is 0.0550. The van der Waals surface area contributed by atoms with Gasteiger partial charge in [-0.3, -0.25) is 9.59 Å². The van der Waals surface area contributed by atoms with Crippen LogP contribution in [0.15, 0.2) is 18.6 Å². The highest BCUT2D eigenvalue weighted by atomic mass is 35.5. The molecule has 0 spiro atoms. The van der Waals surface area contributed by atoms with E-state index >= 15 is 0 Å². The van der Waals surface area contributed by atoms with Crippen molar-refractivity contribution in [3.8, 4) is 0 Å². The number of hydrogen-bond acceptors (Lipinski definition) is 6. The molecule has 3 rings (SSSR count). The van der Waals surface area contributed by atoms with Crippen LogP contribution in [0.4, 0.5) is 11.5 Å². The Morgan fingerprint density at radius 2 is 2.27 bits per heavy atom. The highest BCUT2D eigenvalue weighted by Gasteiger charge is 2.33. The number of rotatable bonds is 2. The molecule has 2 aromatic rings. The molecule has 0 fully saturated rings. The zero-order chi connectivity index (χ0) is 15.9. The van der Waals surface area contributed by atoms with E-state index in [9.17, 15) is 9.59 Å². The summed E-state index contributed by atoms with van der Waals surface area (Å²) in [5.74, 6) is -0.534. The lowest BCUT2D eigenvalue weighted by atomic mass is 10.2. The molecule has 9 nitrogen and oxygen atoms in total. The van der Waals surface area contributed by atoms with Crippen molar-refractivity contribution in [2.24, 2.45) is 5.73 Å². The second kappa shape index (κ2) is 5.26. The van der Waals surface area contributed by atoms with Crippen LogP contribution >= 0.6 is 11.6 Å². The first-order valence-corrected chi connectivity index (χ1v) is 6.73. The molecule has 2 amide bonds. The van der Waals surface area contributed by atoms with E-state index in [4.69, 9.17) is 17.3 Å². The molecular weight excluding hydrogens is 310 g/mol. The summed E-state index contributed by atoms with van der Waals surface area (Å²) in [5.41, 5.74) is 5.83. The maximum Gasteiger partial charge on any atom is 0.267 e. The topological polar surface area (TPSA) is 119 Å². The van der Waals surface area contributed by atoms with Crippen LogP contribution in [0.3, 0.4) is 0 Å². The molecule has 3 N–H and O–H groups in total. The average molecular weight is 322 g/mol. The van der Waals surface area contributed by atoms with Gasteiger partial charge in [0.15, 0.2) is 11.0 Å². The SMILES string of the molecule is CN1C(=O)C(n2nccc2C(N)=O)CNc2ncnc(Cl)c21. The number of primary amides is 1. The fourth-order valence-corrected chi connectivity index (χ4v) is 2.61. The van der Waals surface area contributed by atoms with Crippen LogP contribution in [0.25, 0.3) is 0 Å². The molecule has 10 heteroatoms. The predicted molar refractivity (Wildman–Crippen MR) is 78.7 cm³/mol. The Morgan fingerprint density at radius 3 is 3.00 bits per heavy atom. The van der Waals surface area contributed by atoms with E-state index in [1.54, 1.807) is 7.05 Å². The van der Waals surface area contributed by atoms with Gasteiger partial charge in [0, 0.05) is 19.8 Å². The van der Waals surface area contributed by atoms with E-state index in [2.05, 4.69) is 20.4 Å². The number of halogens is 1. The smallest absolute Gasteiger partial charge is 0.267 e. The number of hydrogen-bond donors (Lipinski definition) is 2. The number of likely N-dealkylation sites (N-methyl/N-ethyl adjacent to an activating group) is 1. The molecule has 0 radical (unpaired) electrons. The number of aromatic nitrogens is 4. The van der Waals surface area contributed by atoms with Gasteiger partial charge in [0.2, 0.25) is 0 Å². The van der Waals surface area contributed by atoms with Gasteiger partial charge in [-0.1, -0.05) is 11.6 Å². The van der Waals surface area contributed by atoms with E-state index in [-0.39, 0.29) is 23.3 Å². The third-order valence-corrected chi connectivity index (χ3v) is 3.69. The van der Waals surface area contributed by atoms with Crippen LogP contribution in [-0.2, 0) is 4.79 Å². The third-order valence-electron chi connectivity index (χ3n) is 3.41. The summed E-state index contributed by atoms with van der Waals surface area (Å²) in [5, 5.41) is 7.21. The molecule has 1 atom stereocenters. The summed E-state index contributed by atoms with van der Waals surface area (Å²) in [6.07, 6.45) is 2.72. The second-order valence-corrected chi connectivity index (χ2v) is 5.04. The van der Waals surface area contributed by atoms with Crippen molar-refractivity contribution < 1.29 is 9.59 Å². The van der Waals surface area contributed by atoms with Crippen molar-refractivity contribution in [2.45, 2.75) is 6.04 Å². The van der Waals surface area contributed by atoms with E-state index < -0.39 is 11.9 Å². The Labute approximate surface area is 130 Å². The molecule has 114 valence electrons. The maximum absolute atomic E-state index is 12.7. The van der Waals surface area contributed by atoms with Crippen LogP contribution < -0.4 is 16.0 Å². The monoisotopic (exact) mass is 321 g/mol. The highest BCUT2D eigenvalue weighted by Crippen LogP contribution is 2.33. The standard InChI is InChI=1S/C12H12ClN7O2/c1-19-8-9(13)16-5-17-11(8)15-4-7(12(19)22)20-6(10(14)21)2-3-18-20/h2-3,5,7H,4H2,1H3,(H2,14,21)(H,15,16,17). The molecule has 0 saturated carbocycles. The van der Waals surface area contributed by atoms with Crippen LogP contribution in [0, 0.1) is 0 Å². The first-order valence-electron chi connectivity index (χ1n) is 6.36. The quantitative estimate of drug-likeness (QED) is 0.755. The summed E-state index contributed by atoms with van der Waals surface area (Å²) in [7, 11) is 1.56. The van der Waals surface area contributed by atoms with E-state index in [0.29, 0.717) is 11.5 Å². The second-order valence-electron chi connectivity index (χ2n) is 4.68. The number of amides is 2.